The molecule has 2 rings (SSSR count). The molecule has 1 N–H and O–H groups in total. The molecule has 0 atom stereocenters. The van der Waals surface area contributed by atoms with Crippen molar-refractivity contribution in [2.75, 3.05) is 26.3 Å². The highest BCUT2D eigenvalue weighted by atomic mass is 16.6. The van der Waals surface area contributed by atoms with E-state index >= 15 is 0 Å². The molecule has 0 aromatic carbocycles. The van der Waals surface area contributed by atoms with E-state index < -0.39 is 0 Å². The second kappa shape index (κ2) is 5.17. The van der Waals surface area contributed by atoms with E-state index in [0.717, 1.165) is 18.7 Å². The van der Waals surface area contributed by atoms with E-state index in [9.17, 15) is 0 Å². The van der Waals surface area contributed by atoms with Gasteiger partial charge in [-0.2, -0.15) is 5.26 Å². The van der Waals surface area contributed by atoms with Crippen molar-refractivity contribution in [3.05, 3.63) is 17.8 Å². The van der Waals surface area contributed by atoms with Crippen molar-refractivity contribution < 1.29 is 9.31 Å². The molecule has 0 unspecified atom stereocenters. The van der Waals surface area contributed by atoms with E-state index in [1.807, 2.05) is 13.1 Å². The highest BCUT2D eigenvalue weighted by molar-refractivity contribution is 6.60. The topological polar surface area (TPSA) is 59.2 Å². The summed E-state index contributed by atoms with van der Waals surface area (Å²) in [4.78, 5) is 0. The smallest absolute Gasteiger partial charge is 0.405 e. The third kappa shape index (κ3) is 2.27. The van der Waals surface area contributed by atoms with Crippen LogP contribution in [0.5, 0.6) is 0 Å². The Kier molecular flexibility index (Phi) is 3.62. The predicted molar refractivity (Wildman–Crippen MR) is 60.3 cm³/mol. The Balaban J connectivity index is 2.15. The molecule has 1 aliphatic heterocycles. The van der Waals surface area contributed by atoms with Gasteiger partial charge in [-0.15, -0.1) is 0 Å². The molecular formula is C10H14BN3O2. The average molecular weight is 219 g/mol. The normalized spacial score (nSPS) is 17.6. The molecule has 84 valence electrons. The molecule has 0 aliphatic carbocycles. The summed E-state index contributed by atoms with van der Waals surface area (Å²) in [6.07, 6.45) is 0. The van der Waals surface area contributed by atoms with Crippen LogP contribution in [0.1, 0.15) is 5.69 Å². The molecule has 5 nitrogen and oxygen atoms in total. The van der Waals surface area contributed by atoms with Crippen LogP contribution in [-0.2, 0) is 16.4 Å². The molecule has 0 spiro atoms. The van der Waals surface area contributed by atoms with E-state index in [2.05, 4.69) is 11.4 Å². The van der Waals surface area contributed by atoms with Gasteiger partial charge in [0.15, 0.2) is 0 Å². The van der Waals surface area contributed by atoms with Gasteiger partial charge in [-0.1, -0.05) is 0 Å². The number of aromatic nitrogens is 1. The summed E-state index contributed by atoms with van der Waals surface area (Å²) in [5.41, 5.74) is 1.50. The van der Waals surface area contributed by atoms with Gasteiger partial charge < -0.3 is 19.2 Å². The third-order valence-corrected chi connectivity index (χ3v) is 2.61. The Labute approximate surface area is 95.1 Å². The molecule has 0 saturated carbocycles. The molecule has 2 heterocycles. The zero-order valence-electron chi connectivity index (χ0n) is 9.27. The summed E-state index contributed by atoms with van der Waals surface area (Å²) in [5, 5.41) is 12.0. The van der Waals surface area contributed by atoms with Gasteiger partial charge in [-0.3, -0.25) is 0 Å². The third-order valence-electron chi connectivity index (χ3n) is 2.61. The van der Waals surface area contributed by atoms with E-state index in [1.165, 1.54) is 0 Å². The van der Waals surface area contributed by atoms with Gasteiger partial charge in [-0.05, 0) is 12.1 Å². The van der Waals surface area contributed by atoms with Gasteiger partial charge in [0, 0.05) is 38.9 Å². The van der Waals surface area contributed by atoms with Crippen molar-refractivity contribution in [3.63, 3.8) is 0 Å². The van der Waals surface area contributed by atoms with Crippen molar-refractivity contribution >= 4 is 12.7 Å². The first-order valence-electron chi connectivity index (χ1n) is 5.32. The highest BCUT2D eigenvalue weighted by Gasteiger charge is 2.26. The van der Waals surface area contributed by atoms with Crippen molar-refractivity contribution in [1.82, 2.24) is 9.88 Å². The standard InChI is InChI=1S/C10H14BN3O2/c1-14-9(8-12)2-3-10(14)11-15-6-4-13-5-7-16-11/h2-3,13H,4-7H2,1H3. The van der Waals surface area contributed by atoms with Crippen molar-refractivity contribution in [2.24, 2.45) is 7.05 Å². The maximum atomic E-state index is 8.87. The number of rotatable bonds is 1. The number of hydrogen-bond donors (Lipinski definition) is 1. The summed E-state index contributed by atoms with van der Waals surface area (Å²) in [6.45, 7) is 2.88. The monoisotopic (exact) mass is 219 g/mol. The van der Waals surface area contributed by atoms with E-state index in [0.29, 0.717) is 18.9 Å². The number of nitriles is 1. The minimum absolute atomic E-state index is 0.366. The van der Waals surface area contributed by atoms with E-state index in [-0.39, 0.29) is 7.12 Å². The van der Waals surface area contributed by atoms with Crippen molar-refractivity contribution in [1.29, 1.82) is 5.26 Å². The fourth-order valence-corrected chi connectivity index (χ4v) is 1.70. The van der Waals surface area contributed by atoms with Gasteiger partial charge >= 0.3 is 7.12 Å². The van der Waals surface area contributed by atoms with Crippen molar-refractivity contribution in [2.45, 2.75) is 0 Å². The molecule has 1 fully saturated rings. The first-order valence-corrected chi connectivity index (χ1v) is 5.32. The Hall–Kier alpha value is -1.29. The van der Waals surface area contributed by atoms with E-state index in [1.54, 1.807) is 10.6 Å². The van der Waals surface area contributed by atoms with Gasteiger partial charge in [0.1, 0.15) is 11.8 Å². The Morgan fingerprint density at radius 3 is 2.62 bits per heavy atom. The van der Waals surface area contributed by atoms with Crippen LogP contribution in [-0.4, -0.2) is 38.0 Å². The predicted octanol–water partition coefficient (Wildman–Crippen LogP) is -0.772. The summed E-state index contributed by atoms with van der Waals surface area (Å²) in [5.74, 6) is 0. The zero-order valence-corrected chi connectivity index (χ0v) is 9.27. The Bertz CT molecular complexity index is 391. The molecule has 1 aromatic rings. The van der Waals surface area contributed by atoms with Crippen LogP contribution in [0.2, 0.25) is 0 Å². The molecule has 16 heavy (non-hydrogen) atoms. The minimum atomic E-state index is -0.366. The van der Waals surface area contributed by atoms with Gasteiger partial charge in [-0.25, -0.2) is 0 Å². The van der Waals surface area contributed by atoms with Crippen LogP contribution in [0.15, 0.2) is 12.1 Å². The first-order chi connectivity index (χ1) is 7.83. The molecule has 0 radical (unpaired) electrons. The lowest BCUT2D eigenvalue weighted by Crippen LogP contribution is -2.45. The molecule has 1 aromatic heterocycles. The highest BCUT2D eigenvalue weighted by Crippen LogP contribution is 2.00. The van der Waals surface area contributed by atoms with Crippen LogP contribution in [0, 0.1) is 11.3 Å². The fraction of sp³-hybridized carbons (Fsp3) is 0.500. The molecule has 0 amide bonds. The van der Waals surface area contributed by atoms with Crippen LogP contribution in [0.4, 0.5) is 0 Å². The largest absolute Gasteiger partial charge is 0.511 e. The number of nitrogens with zero attached hydrogens (tertiary/aromatic N) is 2. The van der Waals surface area contributed by atoms with Crippen LogP contribution in [0.25, 0.3) is 0 Å². The Morgan fingerprint density at radius 2 is 2.06 bits per heavy atom. The Morgan fingerprint density at radius 1 is 1.38 bits per heavy atom. The van der Waals surface area contributed by atoms with Crippen LogP contribution < -0.4 is 10.9 Å². The quantitative estimate of drug-likeness (QED) is 0.630. The second-order valence-electron chi connectivity index (χ2n) is 3.64. The molecule has 0 bridgehead atoms. The summed E-state index contributed by atoms with van der Waals surface area (Å²) in [6, 6.07) is 5.77. The van der Waals surface area contributed by atoms with Crippen LogP contribution >= 0.6 is 0 Å². The van der Waals surface area contributed by atoms with Gasteiger partial charge in [0.2, 0.25) is 0 Å². The lowest BCUT2D eigenvalue weighted by molar-refractivity contribution is 0.186. The lowest BCUT2D eigenvalue weighted by Gasteiger charge is -2.19. The van der Waals surface area contributed by atoms with Crippen LogP contribution in [0.3, 0.4) is 0 Å². The first kappa shape index (κ1) is 11.2. The summed E-state index contributed by atoms with van der Waals surface area (Å²) < 4.78 is 13.0. The van der Waals surface area contributed by atoms with E-state index in [4.69, 9.17) is 14.6 Å². The summed E-state index contributed by atoms with van der Waals surface area (Å²) in [7, 11) is 1.48. The number of hydrogen-bond acceptors (Lipinski definition) is 4. The van der Waals surface area contributed by atoms with Gasteiger partial charge in [0.05, 0.1) is 0 Å². The number of nitrogens with one attached hydrogen (secondary N) is 1. The fourth-order valence-electron chi connectivity index (χ4n) is 1.70. The zero-order chi connectivity index (χ0) is 11.4. The maximum Gasteiger partial charge on any atom is 0.511 e. The van der Waals surface area contributed by atoms with Gasteiger partial charge in [0.25, 0.3) is 0 Å². The maximum absolute atomic E-state index is 8.87. The minimum Gasteiger partial charge on any atom is -0.405 e. The molecule has 6 heteroatoms. The molecule has 1 aliphatic rings. The van der Waals surface area contributed by atoms with Crippen molar-refractivity contribution in [3.8, 4) is 6.07 Å². The SMILES string of the molecule is Cn1c(C#N)ccc1B1OCCNCCO1. The summed E-state index contributed by atoms with van der Waals surface area (Å²) >= 11 is 0. The average Bonchev–Trinajstić information content (AvgIpc) is 2.60. The molecular weight excluding hydrogens is 205 g/mol. The lowest BCUT2D eigenvalue weighted by atomic mass is 9.84. The molecule has 1 saturated heterocycles. The second-order valence-corrected chi connectivity index (χ2v) is 3.64.